The molecule has 1 heterocycles. The van der Waals surface area contributed by atoms with Crippen LogP contribution in [0.5, 0.6) is 0 Å². The fourth-order valence-corrected chi connectivity index (χ4v) is 1.18. The van der Waals surface area contributed by atoms with Crippen molar-refractivity contribution in [1.82, 2.24) is 5.06 Å². The van der Waals surface area contributed by atoms with Gasteiger partial charge in [0.1, 0.15) is 0 Å². The van der Waals surface area contributed by atoms with Gasteiger partial charge in [-0.15, -0.1) is 0 Å². The van der Waals surface area contributed by atoms with Gasteiger partial charge in [0.15, 0.2) is 0 Å². The minimum atomic E-state index is 0.198. The summed E-state index contributed by atoms with van der Waals surface area (Å²) in [5.74, 6) is 0.455. The predicted molar refractivity (Wildman–Crippen MR) is 38.0 cm³/mol. The van der Waals surface area contributed by atoms with E-state index in [1.165, 1.54) is 5.06 Å². The van der Waals surface area contributed by atoms with Gasteiger partial charge in [-0.2, -0.15) is 5.06 Å². The Hall–Kier alpha value is -0.610. The molecule has 0 spiro atoms. The van der Waals surface area contributed by atoms with Gasteiger partial charge in [-0.3, -0.25) is 5.41 Å². The van der Waals surface area contributed by atoms with Gasteiger partial charge in [-0.25, -0.2) is 0 Å². The molecule has 4 N–H and O–H groups in total. The number of amidine groups is 1. The summed E-state index contributed by atoms with van der Waals surface area (Å²) in [6, 6.07) is 0. The van der Waals surface area contributed by atoms with Crippen LogP contribution < -0.4 is 5.73 Å². The Morgan fingerprint density at radius 2 is 2.00 bits per heavy atom. The number of hydrogen-bond acceptors (Lipinski definition) is 3. The van der Waals surface area contributed by atoms with E-state index in [9.17, 15) is 0 Å². The van der Waals surface area contributed by atoms with E-state index in [1.807, 2.05) is 0 Å². The zero-order valence-corrected chi connectivity index (χ0v) is 5.88. The Morgan fingerprint density at radius 1 is 1.50 bits per heavy atom. The van der Waals surface area contributed by atoms with E-state index in [0.29, 0.717) is 13.1 Å². The fraction of sp³-hybridized carbons (Fsp3) is 0.833. The lowest BCUT2D eigenvalue weighted by molar-refractivity contribution is -0.107. The number of nitrogens with zero attached hydrogens (tertiary/aromatic N) is 1. The van der Waals surface area contributed by atoms with Crippen molar-refractivity contribution in [1.29, 1.82) is 5.41 Å². The third-order valence-corrected chi connectivity index (χ3v) is 1.91. The zero-order valence-electron chi connectivity index (χ0n) is 5.88. The Labute approximate surface area is 60.1 Å². The summed E-state index contributed by atoms with van der Waals surface area (Å²) in [4.78, 5) is 0. The van der Waals surface area contributed by atoms with Crippen molar-refractivity contribution in [3.8, 4) is 0 Å². The molecular formula is C6H13N3O. The zero-order chi connectivity index (χ0) is 7.56. The molecule has 0 aromatic rings. The van der Waals surface area contributed by atoms with Crippen molar-refractivity contribution in [2.24, 2.45) is 11.7 Å². The Bertz CT molecular complexity index is 129. The van der Waals surface area contributed by atoms with E-state index in [2.05, 4.69) is 0 Å². The first-order valence-electron chi connectivity index (χ1n) is 3.48. The molecule has 1 aliphatic rings. The number of hydroxylamine groups is 2. The van der Waals surface area contributed by atoms with Crippen molar-refractivity contribution in [2.75, 3.05) is 13.1 Å². The molecule has 0 bridgehead atoms. The van der Waals surface area contributed by atoms with E-state index in [-0.39, 0.29) is 11.8 Å². The number of nitrogens with two attached hydrogens (primary N) is 1. The lowest BCUT2D eigenvalue weighted by Gasteiger charge is -2.26. The summed E-state index contributed by atoms with van der Waals surface area (Å²) in [7, 11) is 0. The smallest absolute Gasteiger partial charge is 0.0937 e. The highest BCUT2D eigenvalue weighted by Crippen LogP contribution is 2.14. The summed E-state index contributed by atoms with van der Waals surface area (Å²) in [6.07, 6.45) is 1.62. The van der Waals surface area contributed by atoms with Crippen LogP contribution >= 0.6 is 0 Å². The molecular weight excluding hydrogens is 130 g/mol. The highest BCUT2D eigenvalue weighted by atomic mass is 16.5. The van der Waals surface area contributed by atoms with Gasteiger partial charge in [0.2, 0.25) is 0 Å². The molecule has 1 aliphatic heterocycles. The topological polar surface area (TPSA) is 73.3 Å². The summed E-state index contributed by atoms with van der Waals surface area (Å²) in [5.41, 5.74) is 5.30. The van der Waals surface area contributed by atoms with Crippen LogP contribution in [0.25, 0.3) is 0 Å². The molecule has 1 fully saturated rings. The first-order valence-corrected chi connectivity index (χ1v) is 3.48. The third-order valence-electron chi connectivity index (χ3n) is 1.91. The standard InChI is InChI=1S/C6H13N3O/c7-6(8)5-1-3-9(10)4-2-5/h5,10H,1-4H2,(H3,7,8). The van der Waals surface area contributed by atoms with Gasteiger partial charge < -0.3 is 10.9 Å². The quantitative estimate of drug-likeness (QED) is 0.358. The number of hydrogen-bond donors (Lipinski definition) is 3. The highest BCUT2D eigenvalue weighted by molar-refractivity contribution is 5.79. The molecule has 0 radical (unpaired) electrons. The number of piperidine rings is 1. The molecule has 0 amide bonds. The molecule has 0 aliphatic carbocycles. The molecule has 1 rings (SSSR count). The maximum absolute atomic E-state index is 8.93. The second-order valence-corrected chi connectivity index (χ2v) is 2.68. The summed E-state index contributed by atoms with van der Waals surface area (Å²) in [6.45, 7) is 1.29. The number of nitrogens with one attached hydrogen (secondary N) is 1. The van der Waals surface area contributed by atoms with Crippen molar-refractivity contribution in [3.63, 3.8) is 0 Å². The SMILES string of the molecule is N=C(N)C1CCN(O)CC1. The van der Waals surface area contributed by atoms with Gasteiger partial charge in [0.05, 0.1) is 5.84 Å². The molecule has 0 aromatic carbocycles. The second-order valence-electron chi connectivity index (χ2n) is 2.68. The van der Waals surface area contributed by atoms with Gasteiger partial charge in [0, 0.05) is 19.0 Å². The molecule has 58 valence electrons. The van der Waals surface area contributed by atoms with Crippen LogP contribution in [-0.4, -0.2) is 29.2 Å². The van der Waals surface area contributed by atoms with Crippen molar-refractivity contribution in [3.05, 3.63) is 0 Å². The normalized spacial score (nSPS) is 22.9. The summed E-state index contributed by atoms with van der Waals surface area (Å²) >= 11 is 0. The van der Waals surface area contributed by atoms with E-state index < -0.39 is 0 Å². The van der Waals surface area contributed by atoms with Gasteiger partial charge in [0.25, 0.3) is 0 Å². The molecule has 0 unspecified atom stereocenters. The minimum Gasteiger partial charge on any atom is -0.387 e. The van der Waals surface area contributed by atoms with Crippen molar-refractivity contribution >= 4 is 5.84 Å². The van der Waals surface area contributed by atoms with Crippen LogP contribution in [0.1, 0.15) is 12.8 Å². The fourth-order valence-electron chi connectivity index (χ4n) is 1.18. The van der Waals surface area contributed by atoms with Crippen LogP contribution in [0.2, 0.25) is 0 Å². The summed E-state index contributed by atoms with van der Waals surface area (Å²) < 4.78 is 0. The van der Waals surface area contributed by atoms with Crippen LogP contribution in [0.3, 0.4) is 0 Å². The maximum atomic E-state index is 8.93. The van der Waals surface area contributed by atoms with E-state index in [4.69, 9.17) is 16.4 Å². The van der Waals surface area contributed by atoms with Gasteiger partial charge >= 0.3 is 0 Å². The lowest BCUT2D eigenvalue weighted by atomic mass is 9.97. The lowest BCUT2D eigenvalue weighted by Crippen LogP contribution is -2.36. The summed E-state index contributed by atoms with van der Waals surface area (Å²) in [5, 5.41) is 17.3. The van der Waals surface area contributed by atoms with Gasteiger partial charge in [-0.05, 0) is 12.8 Å². The molecule has 1 saturated heterocycles. The average molecular weight is 143 g/mol. The van der Waals surface area contributed by atoms with Crippen LogP contribution in [-0.2, 0) is 0 Å². The van der Waals surface area contributed by atoms with Crippen LogP contribution in [0.15, 0.2) is 0 Å². The number of rotatable bonds is 1. The van der Waals surface area contributed by atoms with Gasteiger partial charge in [-0.1, -0.05) is 0 Å². The first kappa shape index (κ1) is 7.50. The van der Waals surface area contributed by atoms with E-state index in [0.717, 1.165) is 12.8 Å². The Balaban J connectivity index is 2.33. The average Bonchev–Trinajstić information content (AvgIpc) is 1.88. The second kappa shape index (κ2) is 2.98. The highest BCUT2D eigenvalue weighted by Gasteiger charge is 2.19. The largest absolute Gasteiger partial charge is 0.387 e. The monoisotopic (exact) mass is 143 g/mol. The Morgan fingerprint density at radius 3 is 2.40 bits per heavy atom. The van der Waals surface area contributed by atoms with E-state index >= 15 is 0 Å². The molecule has 10 heavy (non-hydrogen) atoms. The van der Waals surface area contributed by atoms with E-state index in [1.54, 1.807) is 0 Å². The molecule has 0 saturated carbocycles. The maximum Gasteiger partial charge on any atom is 0.0937 e. The molecule has 0 aromatic heterocycles. The van der Waals surface area contributed by atoms with Crippen LogP contribution in [0.4, 0.5) is 0 Å². The Kier molecular flexibility index (Phi) is 2.24. The first-order chi connectivity index (χ1) is 4.70. The molecule has 0 atom stereocenters. The third kappa shape index (κ3) is 1.68. The minimum absolute atomic E-state index is 0.198. The molecule has 4 nitrogen and oxygen atoms in total. The van der Waals surface area contributed by atoms with Crippen molar-refractivity contribution < 1.29 is 5.21 Å². The molecule has 4 heteroatoms. The van der Waals surface area contributed by atoms with Crippen LogP contribution in [0, 0.1) is 11.3 Å². The van der Waals surface area contributed by atoms with Crippen molar-refractivity contribution in [2.45, 2.75) is 12.8 Å². The predicted octanol–water partition coefficient (Wildman–Crippen LogP) is 0.0236.